The van der Waals surface area contributed by atoms with Gasteiger partial charge < -0.3 is 9.47 Å². The summed E-state index contributed by atoms with van der Waals surface area (Å²) in [5.74, 6) is -0.488. The molecule has 0 rings (SSSR count). The van der Waals surface area contributed by atoms with Gasteiger partial charge in [-0.1, -0.05) is 18.7 Å². The zero-order chi connectivity index (χ0) is 12.6. The van der Waals surface area contributed by atoms with E-state index in [2.05, 4.69) is 6.58 Å². The molecule has 0 aliphatic rings. The van der Waals surface area contributed by atoms with Crippen LogP contribution in [0.15, 0.2) is 36.6 Å². The van der Waals surface area contributed by atoms with Crippen LogP contribution < -0.4 is 0 Å². The Balaban J connectivity index is 3.85. The van der Waals surface area contributed by atoms with E-state index in [9.17, 15) is 4.79 Å². The van der Waals surface area contributed by atoms with Crippen LogP contribution in [0.3, 0.4) is 0 Å². The van der Waals surface area contributed by atoms with Crippen molar-refractivity contribution in [2.24, 2.45) is 0 Å². The van der Waals surface area contributed by atoms with Crippen molar-refractivity contribution in [3.8, 4) is 0 Å². The molecule has 0 saturated heterocycles. The smallest absolute Gasteiger partial charge is 0.336 e. The van der Waals surface area contributed by atoms with Crippen LogP contribution in [0.4, 0.5) is 0 Å². The van der Waals surface area contributed by atoms with Crippen LogP contribution in [0.5, 0.6) is 0 Å². The summed E-state index contributed by atoms with van der Waals surface area (Å²) in [6, 6.07) is 0. The van der Waals surface area contributed by atoms with Crippen molar-refractivity contribution >= 4 is 29.2 Å². The lowest BCUT2D eigenvalue weighted by Gasteiger charge is -2.11. The minimum absolute atomic E-state index is 0.325. The van der Waals surface area contributed by atoms with Gasteiger partial charge >= 0.3 is 5.97 Å². The predicted molar refractivity (Wildman–Crippen MR) is 65.2 cm³/mol. The first-order valence-electron chi connectivity index (χ1n) is 4.57. The Labute approximate surface area is 105 Å². The maximum Gasteiger partial charge on any atom is 0.336 e. The van der Waals surface area contributed by atoms with E-state index in [-0.39, 0.29) is 0 Å². The number of carbonyl (C=O) groups excluding carboxylic acids is 1. The number of ether oxygens (including phenoxy) is 2. The third-order valence-electron chi connectivity index (χ3n) is 1.34. The second kappa shape index (κ2) is 8.25. The van der Waals surface area contributed by atoms with Gasteiger partial charge in [0.1, 0.15) is 4.84 Å². The van der Waals surface area contributed by atoms with Gasteiger partial charge in [-0.15, -0.1) is 23.2 Å². The molecular formula is C11H14Cl2O3. The van der Waals surface area contributed by atoms with Gasteiger partial charge in [0, 0.05) is 12.5 Å². The van der Waals surface area contributed by atoms with Gasteiger partial charge in [-0.05, 0) is 13.0 Å². The van der Waals surface area contributed by atoms with E-state index in [1.54, 1.807) is 32.1 Å². The van der Waals surface area contributed by atoms with Crippen molar-refractivity contribution in [3.63, 3.8) is 0 Å². The number of hydrogen-bond donors (Lipinski definition) is 0. The number of halogens is 2. The maximum atomic E-state index is 11.1. The van der Waals surface area contributed by atoms with Crippen LogP contribution in [0.2, 0.25) is 0 Å². The predicted octanol–water partition coefficient (Wildman–Crippen LogP) is 3.34. The summed E-state index contributed by atoms with van der Waals surface area (Å²) in [5.41, 5.74) is 0.325. The van der Waals surface area contributed by atoms with E-state index in [0.29, 0.717) is 5.57 Å². The second-order valence-corrected chi connectivity index (χ2v) is 4.10. The highest BCUT2D eigenvalue weighted by Gasteiger charge is 2.08. The molecule has 1 unspecified atom stereocenters. The largest absolute Gasteiger partial charge is 0.463 e. The van der Waals surface area contributed by atoms with Crippen LogP contribution in [-0.2, 0) is 14.3 Å². The third kappa shape index (κ3) is 8.38. The molecule has 0 saturated carbocycles. The van der Waals surface area contributed by atoms with Gasteiger partial charge in [-0.2, -0.15) is 0 Å². The first kappa shape index (κ1) is 15.1. The fraction of sp³-hybridized carbons (Fsp3) is 0.364. The maximum absolute atomic E-state index is 11.1. The van der Waals surface area contributed by atoms with E-state index in [4.69, 9.17) is 32.7 Å². The molecule has 0 radical (unpaired) electrons. The zero-order valence-electron chi connectivity index (χ0n) is 9.15. The minimum Gasteiger partial charge on any atom is -0.463 e. The molecule has 3 nitrogen and oxygen atoms in total. The topological polar surface area (TPSA) is 35.5 Å². The molecule has 0 aromatic rings. The van der Waals surface area contributed by atoms with E-state index in [0.717, 1.165) is 0 Å². The van der Waals surface area contributed by atoms with E-state index < -0.39 is 17.1 Å². The summed E-state index contributed by atoms with van der Waals surface area (Å²) < 4.78 is 9.89. The van der Waals surface area contributed by atoms with Crippen LogP contribution in [0.25, 0.3) is 0 Å². The lowest BCUT2D eigenvalue weighted by molar-refractivity contribution is -0.160. The average Bonchev–Trinajstić information content (AvgIpc) is 2.16. The molecule has 0 bridgehead atoms. The van der Waals surface area contributed by atoms with Crippen molar-refractivity contribution < 1.29 is 14.3 Å². The molecule has 1 atom stereocenters. The molecule has 0 heterocycles. The molecule has 90 valence electrons. The summed E-state index contributed by atoms with van der Waals surface area (Å²) in [4.78, 5) is 10.5. The quantitative estimate of drug-likeness (QED) is 0.184. The first-order chi connectivity index (χ1) is 7.43. The van der Waals surface area contributed by atoms with Gasteiger partial charge in [-0.3, -0.25) is 0 Å². The van der Waals surface area contributed by atoms with Gasteiger partial charge in [0.05, 0.1) is 6.26 Å². The molecule has 0 N–H and O–H groups in total. The Hall–Kier alpha value is -0.930. The molecule has 16 heavy (non-hydrogen) atoms. The lowest BCUT2D eigenvalue weighted by Crippen LogP contribution is -2.16. The van der Waals surface area contributed by atoms with Crippen LogP contribution >= 0.6 is 23.2 Å². The number of allylic oxidation sites excluding steroid dienone is 3. The number of rotatable bonds is 6. The summed E-state index contributed by atoms with van der Waals surface area (Å²) >= 11 is 10.9. The second-order valence-electron chi connectivity index (χ2n) is 2.94. The molecule has 0 fully saturated rings. The molecule has 0 amide bonds. The molecule has 0 aliphatic heterocycles. The molecule has 0 aliphatic carbocycles. The Kier molecular flexibility index (Phi) is 7.77. The highest BCUT2D eigenvalue weighted by molar-refractivity contribution is 6.45. The summed E-state index contributed by atoms with van der Waals surface area (Å²) in [6.07, 6.45) is 5.48. The highest BCUT2D eigenvalue weighted by atomic mass is 35.5. The van der Waals surface area contributed by atoms with E-state index >= 15 is 0 Å². The fourth-order valence-electron chi connectivity index (χ4n) is 0.629. The first-order valence-corrected chi connectivity index (χ1v) is 5.44. The monoisotopic (exact) mass is 264 g/mol. The van der Waals surface area contributed by atoms with Crippen molar-refractivity contribution in [2.45, 2.75) is 25.0 Å². The standard InChI is InChI=1S/C11H14Cl2O3/c1-8(2)11(14)16-9(3)15-7-5-4-6-10(12)13/h4-7,9-10H,1H2,2-3H3. The van der Waals surface area contributed by atoms with Crippen LogP contribution in [0.1, 0.15) is 13.8 Å². The van der Waals surface area contributed by atoms with Gasteiger partial charge in [0.15, 0.2) is 0 Å². The fourth-order valence-corrected chi connectivity index (χ4v) is 0.797. The molecule has 0 aromatic carbocycles. The molecule has 0 spiro atoms. The van der Waals surface area contributed by atoms with Crippen molar-refractivity contribution in [3.05, 3.63) is 36.6 Å². The minimum atomic E-state index is -0.670. The van der Waals surface area contributed by atoms with Crippen molar-refractivity contribution in [1.29, 1.82) is 0 Å². The Morgan fingerprint density at radius 3 is 2.50 bits per heavy atom. The number of carbonyl (C=O) groups is 1. The number of alkyl halides is 2. The van der Waals surface area contributed by atoms with Gasteiger partial charge in [0.2, 0.25) is 6.29 Å². The third-order valence-corrected chi connectivity index (χ3v) is 1.63. The average molecular weight is 265 g/mol. The molecule has 5 heteroatoms. The number of hydrogen-bond acceptors (Lipinski definition) is 3. The summed E-state index contributed by atoms with van der Waals surface area (Å²) in [6.45, 7) is 6.61. The normalized spacial score (nSPS) is 13.3. The summed E-state index contributed by atoms with van der Waals surface area (Å²) in [7, 11) is 0. The Morgan fingerprint density at radius 1 is 1.38 bits per heavy atom. The van der Waals surface area contributed by atoms with Gasteiger partial charge in [0.25, 0.3) is 0 Å². The Bertz CT molecular complexity index is 296. The molecule has 0 aromatic heterocycles. The van der Waals surface area contributed by atoms with Gasteiger partial charge in [-0.25, -0.2) is 4.79 Å². The van der Waals surface area contributed by atoms with Crippen LogP contribution in [-0.4, -0.2) is 17.1 Å². The summed E-state index contributed by atoms with van der Waals surface area (Å²) in [5, 5.41) is 0. The lowest BCUT2D eigenvalue weighted by atomic mass is 10.4. The zero-order valence-corrected chi connectivity index (χ0v) is 10.7. The van der Waals surface area contributed by atoms with Crippen LogP contribution in [0, 0.1) is 0 Å². The Morgan fingerprint density at radius 2 is 2.00 bits per heavy atom. The van der Waals surface area contributed by atoms with Crippen molar-refractivity contribution in [1.82, 2.24) is 0 Å². The highest BCUT2D eigenvalue weighted by Crippen LogP contribution is 2.03. The van der Waals surface area contributed by atoms with Crippen molar-refractivity contribution in [2.75, 3.05) is 0 Å². The number of esters is 1. The van der Waals surface area contributed by atoms with E-state index in [1.807, 2.05) is 0 Å². The SMILES string of the molecule is C=C(C)C(=O)OC(C)OC=CC=CC(Cl)Cl. The molecular weight excluding hydrogens is 251 g/mol. The van der Waals surface area contributed by atoms with E-state index in [1.165, 1.54) is 6.26 Å².